The van der Waals surface area contributed by atoms with Crippen LogP contribution in [0.25, 0.3) is 0 Å². The second-order valence-electron chi connectivity index (χ2n) is 4.79. The third-order valence-corrected chi connectivity index (χ3v) is 3.33. The molecule has 1 aromatic heterocycles. The summed E-state index contributed by atoms with van der Waals surface area (Å²) in [6.45, 7) is 2.95. The van der Waals surface area contributed by atoms with E-state index in [2.05, 4.69) is 48.1 Å². The lowest BCUT2D eigenvalue weighted by molar-refractivity contribution is 0.694. The standard InChI is InChI=1S/C16H21N3/c1-3-15(17)14-8-4-5-9-16(14)19(2)12-13-7-6-10-18-11-13/h4-11,15H,3,12,17H2,1-2H3/t15-/m0/s1. The summed E-state index contributed by atoms with van der Waals surface area (Å²) in [6, 6.07) is 12.5. The molecule has 100 valence electrons. The monoisotopic (exact) mass is 255 g/mol. The molecule has 3 nitrogen and oxygen atoms in total. The molecule has 0 saturated heterocycles. The quantitative estimate of drug-likeness (QED) is 0.892. The Bertz CT molecular complexity index is 510. The topological polar surface area (TPSA) is 42.1 Å². The van der Waals surface area contributed by atoms with Crippen molar-refractivity contribution in [3.05, 3.63) is 59.9 Å². The van der Waals surface area contributed by atoms with Crippen LogP contribution in [0.3, 0.4) is 0 Å². The molecule has 1 atom stereocenters. The van der Waals surface area contributed by atoms with Crippen molar-refractivity contribution in [1.82, 2.24) is 4.98 Å². The molecule has 0 fully saturated rings. The van der Waals surface area contributed by atoms with Gasteiger partial charge in [0.15, 0.2) is 0 Å². The van der Waals surface area contributed by atoms with Crippen LogP contribution in [0.1, 0.15) is 30.5 Å². The van der Waals surface area contributed by atoms with Crippen molar-refractivity contribution < 1.29 is 0 Å². The smallest absolute Gasteiger partial charge is 0.0441 e. The van der Waals surface area contributed by atoms with Crippen LogP contribution >= 0.6 is 0 Å². The van der Waals surface area contributed by atoms with E-state index in [0.717, 1.165) is 13.0 Å². The molecule has 2 aromatic rings. The number of benzene rings is 1. The molecule has 2 rings (SSSR count). The van der Waals surface area contributed by atoms with Gasteiger partial charge in [0.2, 0.25) is 0 Å². The Labute approximate surface area is 115 Å². The van der Waals surface area contributed by atoms with Crippen LogP contribution in [0.2, 0.25) is 0 Å². The highest BCUT2D eigenvalue weighted by atomic mass is 15.1. The summed E-state index contributed by atoms with van der Waals surface area (Å²) in [5.74, 6) is 0. The van der Waals surface area contributed by atoms with Crippen LogP contribution in [-0.4, -0.2) is 12.0 Å². The average molecular weight is 255 g/mol. The van der Waals surface area contributed by atoms with Crippen LogP contribution in [0.15, 0.2) is 48.8 Å². The summed E-state index contributed by atoms with van der Waals surface area (Å²) in [5, 5.41) is 0. The van der Waals surface area contributed by atoms with E-state index in [4.69, 9.17) is 5.73 Å². The number of nitrogens with two attached hydrogens (primary N) is 1. The first-order valence-electron chi connectivity index (χ1n) is 6.67. The molecule has 0 aliphatic heterocycles. The van der Waals surface area contributed by atoms with Gasteiger partial charge in [-0.1, -0.05) is 31.2 Å². The number of para-hydroxylation sites is 1. The Morgan fingerprint density at radius 3 is 2.68 bits per heavy atom. The Morgan fingerprint density at radius 2 is 2.00 bits per heavy atom. The zero-order valence-corrected chi connectivity index (χ0v) is 11.6. The Hall–Kier alpha value is -1.87. The first kappa shape index (κ1) is 13.6. The molecule has 0 bridgehead atoms. The van der Waals surface area contributed by atoms with Crippen molar-refractivity contribution in [1.29, 1.82) is 0 Å². The number of anilines is 1. The summed E-state index contributed by atoms with van der Waals surface area (Å²) >= 11 is 0. The zero-order chi connectivity index (χ0) is 13.7. The van der Waals surface area contributed by atoms with Gasteiger partial charge < -0.3 is 10.6 Å². The van der Waals surface area contributed by atoms with Crippen LogP contribution in [0.4, 0.5) is 5.69 Å². The number of pyridine rings is 1. The van der Waals surface area contributed by atoms with E-state index in [0.29, 0.717) is 0 Å². The molecular formula is C16H21N3. The maximum atomic E-state index is 6.19. The Kier molecular flexibility index (Phi) is 4.53. The summed E-state index contributed by atoms with van der Waals surface area (Å²) < 4.78 is 0. The molecule has 0 aliphatic carbocycles. The van der Waals surface area contributed by atoms with Crippen LogP contribution in [0, 0.1) is 0 Å². The van der Waals surface area contributed by atoms with E-state index in [9.17, 15) is 0 Å². The summed E-state index contributed by atoms with van der Waals surface area (Å²) in [5.41, 5.74) is 9.79. The molecule has 1 heterocycles. The first-order valence-corrected chi connectivity index (χ1v) is 6.67. The van der Waals surface area contributed by atoms with E-state index in [1.807, 2.05) is 18.3 Å². The predicted molar refractivity (Wildman–Crippen MR) is 80.0 cm³/mol. The maximum absolute atomic E-state index is 6.19. The van der Waals surface area contributed by atoms with E-state index in [1.165, 1.54) is 16.8 Å². The van der Waals surface area contributed by atoms with Crippen LogP contribution in [-0.2, 0) is 6.54 Å². The number of aromatic nitrogens is 1. The maximum Gasteiger partial charge on any atom is 0.0441 e. The third kappa shape index (κ3) is 3.32. The van der Waals surface area contributed by atoms with Crippen molar-refractivity contribution in [3.63, 3.8) is 0 Å². The lowest BCUT2D eigenvalue weighted by atomic mass is 10.0. The van der Waals surface area contributed by atoms with E-state index >= 15 is 0 Å². The minimum atomic E-state index is 0.0903. The van der Waals surface area contributed by atoms with Gasteiger partial charge in [-0.25, -0.2) is 0 Å². The van der Waals surface area contributed by atoms with Gasteiger partial charge in [-0.3, -0.25) is 4.98 Å². The molecule has 0 unspecified atom stereocenters. The lowest BCUT2D eigenvalue weighted by Gasteiger charge is -2.24. The average Bonchev–Trinajstić information content (AvgIpc) is 2.47. The van der Waals surface area contributed by atoms with E-state index in [-0.39, 0.29) is 6.04 Å². The number of hydrogen-bond acceptors (Lipinski definition) is 3. The third-order valence-electron chi connectivity index (χ3n) is 3.33. The van der Waals surface area contributed by atoms with Gasteiger partial charge >= 0.3 is 0 Å². The van der Waals surface area contributed by atoms with Crippen LogP contribution in [0.5, 0.6) is 0 Å². The van der Waals surface area contributed by atoms with Crippen molar-refractivity contribution >= 4 is 5.69 Å². The number of rotatable bonds is 5. The van der Waals surface area contributed by atoms with Crippen molar-refractivity contribution in [3.8, 4) is 0 Å². The summed E-state index contributed by atoms with van der Waals surface area (Å²) in [4.78, 5) is 6.38. The molecule has 3 heteroatoms. The van der Waals surface area contributed by atoms with Gasteiger partial charge in [0, 0.05) is 37.7 Å². The van der Waals surface area contributed by atoms with E-state index in [1.54, 1.807) is 6.20 Å². The summed E-state index contributed by atoms with van der Waals surface area (Å²) in [6.07, 6.45) is 4.64. The Morgan fingerprint density at radius 1 is 1.21 bits per heavy atom. The SMILES string of the molecule is CC[C@H](N)c1ccccc1N(C)Cc1cccnc1. The molecule has 0 aliphatic rings. The van der Waals surface area contributed by atoms with Crippen molar-refractivity contribution in [2.45, 2.75) is 25.9 Å². The normalized spacial score (nSPS) is 12.2. The molecule has 0 saturated carbocycles. The highest BCUT2D eigenvalue weighted by Gasteiger charge is 2.12. The second kappa shape index (κ2) is 6.34. The predicted octanol–water partition coefficient (Wildman–Crippen LogP) is 3.13. The lowest BCUT2D eigenvalue weighted by Crippen LogP contribution is -2.20. The van der Waals surface area contributed by atoms with Gasteiger partial charge in [0.05, 0.1) is 0 Å². The van der Waals surface area contributed by atoms with E-state index < -0.39 is 0 Å². The fraction of sp³-hybridized carbons (Fsp3) is 0.312. The van der Waals surface area contributed by atoms with Gasteiger partial charge in [0.1, 0.15) is 0 Å². The minimum absolute atomic E-state index is 0.0903. The van der Waals surface area contributed by atoms with Gasteiger partial charge in [-0.2, -0.15) is 0 Å². The van der Waals surface area contributed by atoms with Gasteiger partial charge in [-0.15, -0.1) is 0 Å². The largest absolute Gasteiger partial charge is 0.370 e. The van der Waals surface area contributed by atoms with Crippen molar-refractivity contribution in [2.24, 2.45) is 5.73 Å². The molecule has 19 heavy (non-hydrogen) atoms. The fourth-order valence-corrected chi connectivity index (χ4v) is 2.22. The number of nitrogens with zero attached hydrogens (tertiary/aromatic N) is 2. The van der Waals surface area contributed by atoms with Crippen LogP contribution < -0.4 is 10.6 Å². The Balaban J connectivity index is 2.21. The van der Waals surface area contributed by atoms with Gasteiger partial charge in [-0.05, 0) is 29.7 Å². The minimum Gasteiger partial charge on any atom is -0.370 e. The molecular weight excluding hydrogens is 234 g/mol. The highest BCUT2D eigenvalue weighted by Crippen LogP contribution is 2.26. The van der Waals surface area contributed by atoms with Gasteiger partial charge in [0.25, 0.3) is 0 Å². The molecule has 0 amide bonds. The second-order valence-corrected chi connectivity index (χ2v) is 4.79. The molecule has 0 spiro atoms. The number of hydrogen-bond donors (Lipinski definition) is 1. The first-order chi connectivity index (χ1) is 9.22. The fourth-order valence-electron chi connectivity index (χ4n) is 2.22. The molecule has 0 radical (unpaired) electrons. The molecule has 1 aromatic carbocycles. The summed E-state index contributed by atoms with van der Waals surface area (Å²) in [7, 11) is 2.09. The highest BCUT2D eigenvalue weighted by molar-refractivity contribution is 5.54. The zero-order valence-electron chi connectivity index (χ0n) is 11.6. The van der Waals surface area contributed by atoms with Crippen molar-refractivity contribution in [2.75, 3.05) is 11.9 Å². The molecule has 2 N–H and O–H groups in total.